The Kier molecular flexibility index (Phi) is 3.85. The summed E-state index contributed by atoms with van der Waals surface area (Å²) in [6, 6.07) is 6.37. The van der Waals surface area contributed by atoms with Crippen molar-refractivity contribution in [3.8, 4) is 11.5 Å². The van der Waals surface area contributed by atoms with Gasteiger partial charge in [-0.3, -0.25) is 4.90 Å². The molecule has 1 heterocycles. The van der Waals surface area contributed by atoms with E-state index in [1.807, 2.05) is 18.2 Å². The Balaban J connectivity index is 1.66. The molecule has 0 aromatic heterocycles. The van der Waals surface area contributed by atoms with Gasteiger partial charge in [-0.15, -0.1) is 0 Å². The van der Waals surface area contributed by atoms with Gasteiger partial charge in [0.25, 0.3) is 0 Å². The minimum atomic E-state index is -0.469. The van der Waals surface area contributed by atoms with E-state index in [-0.39, 0.29) is 6.79 Å². The molecule has 0 spiro atoms. The van der Waals surface area contributed by atoms with E-state index >= 15 is 0 Å². The van der Waals surface area contributed by atoms with Crippen LogP contribution in [0.15, 0.2) is 18.2 Å². The van der Waals surface area contributed by atoms with Gasteiger partial charge in [-0.05, 0) is 36.5 Å². The van der Waals surface area contributed by atoms with Crippen LogP contribution in [0.3, 0.4) is 0 Å². The molecule has 1 fully saturated rings. The average Bonchev–Trinajstić information content (AvgIpc) is 3.15. The van der Waals surface area contributed by atoms with Crippen LogP contribution < -0.4 is 9.47 Å². The lowest BCUT2D eigenvalue weighted by Crippen LogP contribution is -2.33. The van der Waals surface area contributed by atoms with E-state index in [4.69, 9.17) is 9.47 Å². The number of benzene rings is 1. The van der Waals surface area contributed by atoms with Crippen molar-refractivity contribution in [2.24, 2.45) is 5.92 Å². The number of aliphatic hydroxyl groups is 1. The second-order valence-electron chi connectivity index (χ2n) is 6.21. The second kappa shape index (κ2) is 5.62. The molecule has 1 N–H and O–H groups in total. The fourth-order valence-corrected chi connectivity index (χ4v) is 2.73. The Morgan fingerprint density at radius 3 is 2.65 bits per heavy atom. The first kappa shape index (κ1) is 13.7. The quantitative estimate of drug-likeness (QED) is 0.868. The summed E-state index contributed by atoms with van der Waals surface area (Å²) < 4.78 is 10.7. The molecule has 3 rings (SSSR count). The normalized spacial score (nSPS) is 18.9. The van der Waals surface area contributed by atoms with Crippen molar-refractivity contribution in [3.05, 3.63) is 23.8 Å². The zero-order valence-electron chi connectivity index (χ0n) is 12.2. The number of nitrogens with zero attached hydrogens (tertiary/aromatic N) is 1. The second-order valence-corrected chi connectivity index (χ2v) is 6.21. The number of hydrogen-bond acceptors (Lipinski definition) is 4. The highest BCUT2D eigenvalue weighted by atomic mass is 16.7. The largest absolute Gasteiger partial charge is 0.454 e. The third-order valence-electron chi connectivity index (χ3n) is 3.85. The van der Waals surface area contributed by atoms with E-state index in [1.165, 1.54) is 12.8 Å². The third-order valence-corrected chi connectivity index (χ3v) is 3.85. The summed E-state index contributed by atoms with van der Waals surface area (Å²) in [7, 11) is 0. The van der Waals surface area contributed by atoms with Crippen molar-refractivity contribution in [1.29, 1.82) is 0 Å². The molecular weight excluding hydrogens is 254 g/mol. The van der Waals surface area contributed by atoms with Crippen LogP contribution in [0.4, 0.5) is 0 Å². The van der Waals surface area contributed by atoms with Crippen molar-refractivity contribution < 1.29 is 14.6 Å². The third kappa shape index (κ3) is 3.07. The summed E-state index contributed by atoms with van der Waals surface area (Å²) in [4.78, 5) is 2.42. The van der Waals surface area contributed by atoms with E-state index in [2.05, 4.69) is 18.7 Å². The van der Waals surface area contributed by atoms with Gasteiger partial charge < -0.3 is 14.6 Å². The summed E-state index contributed by atoms with van der Waals surface area (Å²) >= 11 is 0. The Morgan fingerprint density at radius 1 is 1.20 bits per heavy atom. The van der Waals surface area contributed by atoms with Crippen molar-refractivity contribution in [2.45, 2.75) is 38.8 Å². The number of rotatable bonds is 6. The fraction of sp³-hybridized carbons (Fsp3) is 0.625. The van der Waals surface area contributed by atoms with Crippen molar-refractivity contribution in [3.63, 3.8) is 0 Å². The molecule has 2 aliphatic rings. The number of ether oxygens (including phenoxy) is 2. The topological polar surface area (TPSA) is 41.9 Å². The average molecular weight is 277 g/mol. The van der Waals surface area contributed by atoms with Crippen LogP contribution in [0.1, 0.15) is 38.4 Å². The van der Waals surface area contributed by atoms with Crippen LogP contribution in [-0.2, 0) is 0 Å². The minimum absolute atomic E-state index is 0.274. The highest BCUT2D eigenvalue weighted by Crippen LogP contribution is 2.35. The zero-order valence-corrected chi connectivity index (χ0v) is 12.2. The Hall–Kier alpha value is -1.26. The van der Waals surface area contributed by atoms with E-state index in [0.29, 0.717) is 18.5 Å². The molecule has 4 nitrogen and oxygen atoms in total. The number of aliphatic hydroxyl groups excluding tert-OH is 1. The monoisotopic (exact) mass is 277 g/mol. The van der Waals surface area contributed by atoms with Gasteiger partial charge in [0.1, 0.15) is 0 Å². The summed E-state index contributed by atoms with van der Waals surface area (Å²) in [5, 5.41) is 10.5. The molecule has 0 bridgehead atoms. The maximum absolute atomic E-state index is 10.5. The van der Waals surface area contributed by atoms with E-state index in [1.54, 1.807) is 0 Å². The lowest BCUT2D eigenvalue weighted by molar-refractivity contribution is 0.101. The predicted molar refractivity (Wildman–Crippen MR) is 77.0 cm³/mol. The van der Waals surface area contributed by atoms with Crippen LogP contribution >= 0.6 is 0 Å². The van der Waals surface area contributed by atoms with Gasteiger partial charge in [0, 0.05) is 19.1 Å². The highest BCUT2D eigenvalue weighted by molar-refractivity contribution is 5.45. The van der Waals surface area contributed by atoms with Gasteiger partial charge in [-0.25, -0.2) is 0 Å². The summed E-state index contributed by atoms with van der Waals surface area (Å²) in [5.74, 6) is 2.13. The van der Waals surface area contributed by atoms with Crippen molar-refractivity contribution in [2.75, 3.05) is 19.9 Å². The molecule has 20 heavy (non-hydrogen) atoms. The molecule has 110 valence electrons. The van der Waals surface area contributed by atoms with Crippen molar-refractivity contribution >= 4 is 0 Å². The zero-order chi connectivity index (χ0) is 14.1. The van der Waals surface area contributed by atoms with Crippen LogP contribution in [0.25, 0.3) is 0 Å². The summed E-state index contributed by atoms with van der Waals surface area (Å²) in [6.45, 7) is 6.47. The molecule has 1 aromatic carbocycles. The van der Waals surface area contributed by atoms with Gasteiger partial charge in [-0.2, -0.15) is 0 Å². The molecule has 1 aliphatic carbocycles. The van der Waals surface area contributed by atoms with Crippen LogP contribution in [0.5, 0.6) is 11.5 Å². The Morgan fingerprint density at radius 2 is 1.95 bits per heavy atom. The van der Waals surface area contributed by atoms with Crippen molar-refractivity contribution in [1.82, 2.24) is 4.90 Å². The first-order chi connectivity index (χ1) is 9.63. The maximum atomic E-state index is 10.5. The van der Waals surface area contributed by atoms with E-state index in [9.17, 15) is 5.11 Å². The molecule has 1 aliphatic heterocycles. The van der Waals surface area contributed by atoms with E-state index < -0.39 is 6.10 Å². The standard InChI is InChI=1S/C16H23NO3/c1-11(2)8-17(13-4-5-13)9-14(18)12-3-6-15-16(7-12)20-10-19-15/h3,6-7,11,13-14,18H,4-5,8-10H2,1-2H3. The number of hydrogen-bond donors (Lipinski definition) is 1. The van der Waals surface area contributed by atoms with Crippen LogP contribution in [0.2, 0.25) is 0 Å². The van der Waals surface area contributed by atoms with Gasteiger partial charge in [0.05, 0.1) is 6.10 Å². The summed E-state index contributed by atoms with van der Waals surface area (Å²) in [5.41, 5.74) is 0.906. The molecule has 1 atom stereocenters. The molecule has 1 saturated carbocycles. The van der Waals surface area contributed by atoms with Crippen LogP contribution in [-0.4, -0.2) is 35.9 Å². The molecule has 1 aromatic rings. The highest BCUT2D eigenvalue weighted by Gasteiger charge is 2.31. The molecular formula is C16H23NO3. The van der Waals surface area contributed by atoms with Gasteiger partial charge in [-0.1, -0.05) is 19.9 Å². The fourth-order valence-electron chi connectivity index (χ4n) is 2.73. The SMILES string of the molecule is CC(C)CN(CC(O)c1ccc2c(c1)OCO2)C1CC1. The first-order valence-electron chi connectivity index (χ1n) is 7.45. The first-order valence-corrected chi connectivity index (χ1v) is 7.45. The lowest BCUT2D eigenvalue weighted by Gasteiger charge is -2.26. The molecule has 4 heteroatoms. The predicted octanol–water partition coefficient (Wildman–Crippen LogP) is 2.57. The maximum Gasteiger partial charge on any atom is 0.231 e. The van der Waals surface area contributed by atoms with Gasteiger partial charge in [0.15, 0.2) is 11.5 Å². The molecule has 0 radical (unpaired) electrons. The van der Waals surface area contributed by atoms with Gasteiger partial charge in [0.2, 0.25) is 6.79 Å². The lowest BCUT2D eigenvalue weighted by atomic mass is 10.1. The Bertz CT molecular complexity index is 471. The van der Waals surface area contributed by atoms with E-state index in [0.717, 1.165) is 23.6 Å². The summed E-state index contributed by atoms with van der Waals surface area (Å²) in [6.07, 6.45) is 2.06. The van der Waals surface area contributed by atoms with Gasteiger partial charge >= 0.3 is 0 Å². The minimum Gasteiger partial charge on any atom is -0.454 e. The Labute approximate surface area is 120 Å². The number of fused-ring (bicyclic) bond motifs is 1. The molecule has 1 unspecified atom stereocenters. The van der Waals surface area contributed by atoms with Crippen LogP contribution in [0, 0.1) is 5.92 Å². The molecule has 0 saturated heterocycles. The molecule has 0 amide bonds. The smallest absolute Gasteiger partial charge is 0.231 e.